The summed E-state index contributed by atoms with van der Waals surface area (Å²) in [6.07, 6.45) is 6.58. The molecule has 0 aromatic carbocycles. The molecule has 0 spiro atoms. The fourth-order valence-electron chi connectivity index (χ4n) is 2.67. The predicted octanol–water partition coefficient (Wildman–Crippen LogP) is 1.89. The van der Waals surface area contributed by atoms with Crippen LogP contribution in [0.15, 0.2) is 4.99 Å². The molecule has 0 heterocycles. The van der Waals surface area contributed by atoms with E-state index in [2.05, 4.69) is 20.9 Å². The van der Waals surface area contributed by atoms with E-state index in [0.717, 1.165) is 32.1 Å². The third-order valence-corrected chi connectivity index (χ3v) is 3.81. The third-order valence-electron chi connectivity index (χ3n) is 3.81. The van der Waals surface area contributed by atoms with Gasteiger partial charge in [0, 0.05) is 46.3 Å². The maximum Gasteiger partial charge on any atom is 0.220 e. The van der Waals surface area contributed by atoms with Crippen molar-refractivity contribution >= 4 is 35.8 Å². The molecule has 23 heavy (non-hydrogen) atoms. The van der Waals surface area contributed by atoms with Crippen LogP contribution in [0.25, 0.3) is 0 Å². The number of guanidine groups is 1. The fraction of sp³-hybridized carbons (Fsp3) is 0.875. The van der Waals surface area contributed by atoms with Crippen molar-refractivity contribution in [2.75, 3.05) is 39.9 Å². The van der Waals surface area contributed by atoms with E-state index in [0.29, 0.717) is 25.4 Å². The van der Waals surface area contributed by atoms with Crippen LogP contribution in [0.3, 0.4) is 0 Å². The summed E-state index contributed by atoms with van der Waals surface area (Å²) in [5.74, 6) is 1.58. The van der Waals surface area contributed by atoms with E-state index in [1.165, 1.54) is 25.7 Å². The van der Waals surface area contributed by atoms with E-state index >= 15 is 0 Å². The van der Waals surface area contributed by atoms with Crippen molar-refractivity contribution in [2.24, 2.45) is 10.9 Å². The lowest BCUT2D eigenvalue weighted by atomic mass is 10.0. The van der Waals surface area contributed by atoms with Gasteiger partial charge in [-0.1, -0.05) is 12.8 Å². The van der Waals surface area contributed by atoms with Crippen LogP contribution < -0.4 is 16.0 Å². The number of nitrogens with one attached hydrogen (secondary N) is 3. The first-order chi connectivity index (χ1) is 10.8. The monoisotopic (exact) mass is 440 g/mol. The lowest BCUT2D eigenvalue weighted by Crippen LogP contribution is -2.41. The molecule has 7 heteroatoms. The van der Waals surface area contributed by atoms with E-state index in [4.69, 9.17) is 4.74 Å². The molecule has 0 atom stereocenters. The lowest BCUT2D eigenvalue weighted by Gasteiger charge is -2.13. The molecule has 1 amide bonds. The van der Waals surface area contributed by atoms with Crippen LogP contribution in [0, 0.1) is 5.92 Å². The number of amides is 1. The quantitative estimate of drug-likeness (QED) is 0.210. The van der Waals surface area contributed by atoms with Crippen molar-refractivity contribution in [1.82, 2.24) is 16.0 Å². The van der Waals surface area contributed by atoms with Gasteiger partial charge in [-0.25, -0.2) is 0 Å². The van der Waals surface area contributed by atoms with E-state index < -0.39 is 0 Å². The summed E-state index contributed by atoms with van der Waals surface area (Å²) in [6, 6.07) is 0. The van der Waals surface area contributed by atoms with Crippen molar-refractivity contribution in [3.63, 3.8) is 0 Å². The largest absolute Gasteiger partial charge is 0.385 e. The molecule has 1 fully saturated rings. The smallest absolute Gasteiger partial charge is 0.220 e. The molecule has 1 rings (SSSR count). The third kappa shape index (κ3) is 11.6. The zero-order chi connectivity index (χ0) is 16.0. The number of halogens is 1. The van der Waals surface area contributed by atoms with Gasteiger partial charge in [0.05, 0.1) is 0 Å². The number of hydrogen-bond acceptors (Lipinski definition) is 3. The average Bonchev–Trinajstić information content (AvgIpc) is 3.00. The van der Waals surface area contributed by atoms with Crippen LogP contribution in [0.5, 0.6) is 0 Å². The summed E-state index contributed by atoms with van der Waals surface area (Å²) >= 11 is 0. The molecule has 0 unspecified atom stereocenters. The van der Waals surface area contributed by atoms with E-state index in [1.807, 2.05) is 6.92 Å². The summed E-state index contributed by atoms with van der Waals surface area (Å²) in [5.41, 5.74) is 0. The Morgan fingerprint density at radius 3 is 2.52 bits per heavy atom. The molecule has 0 radical (unpaired) electrons. The van der Waals surface area contributed by atoms with Gasteiger partial charge in [0.25, 0.3) is 0 Å². The second-order valence-corrected chi connectivity index (χ2v) is 5.74. The summed E-state index contributed by atoms with van der Waals surface area (Å²) in [6.45, 7) is 5.64. The number of carbonyl (C=O) groups is 1. The van der Waals surface area contributed by atoms with Crippen LogP contribution in [0.2, 0.25) is 0 Å². The van der Waals surface area contributed by atoms with Gasteiger partial charge in [-0.05, 0) is 32.1 Å². The van der Waals surface area contributed by atoms with Crippen molar-refractivity contribution in [1.29, 1.82) is 0 Å². The van der Waals surface area contributed by atoms with E-state index in [-0.39, 0.29) is 29.9 Å². The van der Waals surface area contributed by atoms with Gasteiger partial charge in [-0.2, -0.15) is 0 Å². The highest BCUT2D eigenvalue weighted by Crippen LogP contribution is 2.27. The Labute approximate surface area is 157 Å². The minimum absolute atomic E-state index is 0. The van der Waals surface area contributed by atoms with E-state index in [9.17, 15) is 4.79 Å². The molecular weight excluding hydrogens is 407 g/mol. The predicted molar refractivity (Wildman–Crippen MR) is 105 cm³/mol. The number of hydrogen-bond donors (Lipinski definition) is 3. The van der Waals surface area contributed by atoms with Crippen LogP contribution >= 0.6 is 24.0 Å². The van der Waals surface area contributed by atoms with Crippen molar-refractivity contribution in [3.05, 3.63) is 0 Å². The van der Waals surface area contributed by atoms with Crippen LogP contribution in [-0.4, -0.2) is 51.8 Å². The van der Waals surface area contributed by atoms with Crippen molar-refractivity contribution < 1.29 is 9.53 Å². The first-order valence-corrected chi connectivity index (χ1v) is 8.54. The number of nitrogens with zero attached hydrogens (tertiary/aromatic N) is 1. The van der Waals surface area contributed by atoms with Gasteiger partial charge in [0.2, 0.25) is 5.91 Å². The van der Waals surface area contributed by atoms with Crippen LogP contribution in [0.1, 0.15) is 45.4 Å². The number of ether oxygens (including phenoxy) is 1. The van der Waals surface area contributed by atoms with Gasteiger partial charge < -0.3 is 20.7 Å². The molecule has 136 valence electrons. The minimum atomic E-state index is 0. The highest BCUT2D eigenvalue weighted by Gasteiger charge is 2.17. The summed E-state index contributed by atoms with van der Waals surface area (Å²) in [7, 11) is 1.70. The standard InChI is InChI=1S/C16H32N4O2.HI/c1-3-17-16(19-9-6-12-22-2)20-11-10-18-15(21)13-14-7-4-5-8-14;/h14H,3-13H2,1-2H3,(H,18,21)(H2,17,19,20);1H. The first-order valence-electron chi connectivity index (χ1n) is 8.54. The summed E-state index contributed by atoms with van der Waals surface area (Å²) < 4.78 is 5.01. The molecule has 0 aliphatic heterocycles. The van der Waals surface area contributed by atoms with Gasteiger partial charge in [-0.3, -0.25) is 9.79 Å². The topological polar surface area (TPSA) is 74.8 Å². The first kappa shape index (κ1) is 22.4. The molecule has 6 nitrogen and oxygen atoms in total. The number of aliphatic imine (C=N–C) groups is 1. The van der Waals surface area contributed by atoms with Crippen molar-refractivity contribution in [3.8, 4) is 0 Å². The second-order valence-electron chi connectivity index (χ2n) is 5.74. The maximum absolute atomic E-state index is 11.8. The average molecular weight is 440 g/mol. The molecule has 1 aliphatic rings. The molecule has 1 saturated carbocycles. The molecule has 3 N–H and O–H groups in total. The highest BCUT2D eigenvalue weighted by molar-refractivity contribution is 14.0. The zero-order valence-corrected chi connectivity index (χ0v) is 16.9. The lowest BCUT2D eigenvalue weighted by molar-refractivity contribution is -0.121. The number of rotatable bonds is 10. The van der Waals surface area contributed by atoms with Gasteiger partial charge in [0.1, 0.15) is 0 Å². The van der Waals surface area contributed by atoms with Gasteiger partial charge in [0.15, 0.2) is 5.96 Å². The SMILES string of the molecule is CCNC(=NCCCOC)NCCNC(=O)CC1CCCC1.I. The molecule has 0 bridgehead atoms. The van der Waals surface area contributed by atoms with Crippen molar-refractivity contribution in [2.45, 2.75) is 45.4 Å². The second kappa shape index (κ2) is 15.0. The Kier molecular flexibility index (Phi) is 14.6. The Morgan fingerprint density at radius 1 is 1.17 bits per heavy atom. The van der Waals surface area contributed by atoms with Crippen LogP contribution in [-0.2, 0) is 9.53 Å². The zero-order valence-electron chi connectivity index (χ0n) is 14.5. The highest BCUT2D eigenvalue weighted by atomic mass is 127. The molecule has 0 aromatic rings. The Bertz CT molecular complexity index is 334. The normalized spacial score (nSPS) is 15.1. The van der Waals surface area contributed by atoms with Crippen LogP contribution in [0.4, 0.5) is 0 Å². The maximum atomic E-state index is 11.8. The van der Waals surface area contributed by atoms with Gasteiger partial charge in [-0.15, -0.1) is 24.0 Å². The Morgan fingerprint density at radius 2 is 1.87 bits per heavy atom. The number of methoxy groups -OCH3 is 1. The molecule has 0 saturated heterocycles. The Balaban J connectivity index is 0.00000484. The fourth-order valence-corrected chi connectivity index (χ4v) is 2.67. The Hall–Kier alpha value is -0.570. The van der Waals surface area contributed by atoms with Gasteiger partial charge >= 0.3 is 0 Å². The van der Waals surface area contributed by atoms with E-state index in [1.54, 1.807) is 7.11 Å². The molecule has 0 aromatic heterocycles. The number of carbonyl (C=O) groups excluding carboxylic acids is 1. The molecular formula is C16H33IN4O2. The minimum Gasteiger partial charge on any atom is -0.385 e. The molecule has 1 aliphatic carbocycles. The summed E-state index contributed by atoms with van der Waals surface area (Å²) in [4.78, 5) is 16.3. The summed E-state index contributed by atoms with van der Waals surface area (Å²) in [5, 5.41) is 9.40.